The average molecular weight is 435 g/mol. The molecule has 3 aromatic rings. The molecule has 0 aliphatic carbocycles. The second kappa shape index (κ2) is 8.31. The van der Waals surface area contributed by atoms with Gasteiger partial charge < -0.3 is 19.3 Å². The molecule has 9 heteroatoms. The number of fused-ring (bicyclic) bond motifs is 1. The number of rotatable bonds is 5. The van der Waals surface area contributed by atoms with Crippen LogP contribution in [0.4, 0.5) is 5.82 Å². The number of pyridine rings is 2. The van der Waals surface area contributed by atoms with Crippen LogP contribution in [-0.4, -0.2) is 71.6 Å². The number of carbonyl (C=O) groups is 1. The third-order valence-electron chi connectivity index (χ3n) is 6.70. The molecule has 0 amide bonds. The maximum atomic E-state index is 11.0. The number of methoxy groups -OCH3 is 1. The zero-order valence-electron chi connectivity index (χ0n) is 18.3. The Morgan fingerprint density at radius 1 is 1.09 bits per heavy atom. The summed E-state index contributed by atoms with van der Waals surface area (Å²) < 4.78 is 10.7. The summed E-state index contributed by atoms with van der Waals surface area (Å²) >= 11 is 0. The number of nitrogens with zero attached hydrogens (tertiary/aromatic N) is 6. The smallest absolute Gasteiger partial charge is 0.299 e. The summed E-state index contributed by atoms with van der Waals surface area (Å²) in [5.74, 6) is 1.86. The lowest BCUT2D eigenvalue weighted by Gasteiger charge is -2.40. The molecule has 166 valence electrons. The molecule has 0 unspecified atom stereocenters. The van der Waals surface area contributed by atoms with E-state index >= 15 is 0 Å². The maximum Gasteiger partial charge on any atom is 0.299 e. The number of ether oxygens (including phenoxy) is 2. The van der Waals surface area contributed by atoms with Gasteiger partial charge in [-0.2, -0.15) is 0 Å². The van der Waals surface area contributed by atoms with Gasteiger partial charge in [-0.25, -0.2) is 15.0 Å². The minimum absolute atomic E-state index is 0.113. The predicted molar refractivity (Wildman–Crippen MR) is 120 cm³/mol. The fourth-order valence-electron chi connectivity index (χ4n) is 5.00. The average Bonchev–Trinajstić information content (AvgIpc) is 3.19. The highest BCUT2D eigenvalue weighted by molar-refractivity contribution is 5.97. The number of hydrogen-bond donors (Lipinski definition) is 0. The van der Waals surface area contributed by atoms with E-state index < -0.39 is 0 Å². The van der Waals surface area contributed by atoms with Gasteiger partial charge in [-0.1, -0.05) is 0 Å². The number of likely N-dealkylation sites (tertiary alicyclic amines) is 1. The topological polar surface area (TPSA) is 93.6 Å². The van der Waals surface area contributed by atoms with Crippen molar-refractivity contribution in [2.24, 2.45) is 5.41 Å². The van der Waals surface area contributed by atoms with E-state index in [9.17, 15) is 4.79 Å². The molecule has 0 saturated carbocycles. The van der Waals surface area contributed by atoms with E-state index in [2.05, 4.69) is 26.8 Å². The number of hydrogen-bond acceptors (Lipinski definition) is 9. The van der Waals surface area contributed by atoms with Crippen LogP contribution in [0.5, 0.6) is 11.6 Å². The molecule has 1 spiro atoms. The summed E-state index contributed by atoms with van der Waals surface area (Å²) in [4.78, 5) is 33.8. The van der Waals surface area contributed by atoms with E-state index in [1.54, 1.807) is 18.6 Å². The van der Waals surface area contributed by atoms with Crippen molar-refractivity contribution >= 4 is 23.2 Å². The van der Waals surface area contributed by atoms with Crippen LogP contribution in [-0.2, 0) is 4.79 Å². The fourth-order valence-corrected chi connectivity index (χ4v) is 5.00. The fraction of sp³-hybridized carbons (Fsp3) is 0.435. The summed E-state index contributed by atoms with van der Waals surface area (Å²) in [5.41, 5.74) is 1.90. The highest BCUT2D eigenvalue weighted by atomic mass is 16.5. The van der Waals surface area contributed by atoms with Crippen LogP contribution in [0.15, 0.2) is 30.7 Å². The number of piperidine rings is 1. The van der Waals surface area contributed by atoms with Crippen LogP contribution >= 0.6 is 0 Å². The van der Waals surface area contributed by atoms with Gasteiger partial charge in [-0.05, 0) is 50.4 Å². The van der Waals surface area contributed by atoms with E-state index in [0.717, 1.165) is 50.4 Å². The summed E-state index contributed by atoms with van der Waals surface area (Å²) in [5, 5.41) is 0.705. The summed E-state index contributed by atoms with van der Waals surface area (Å²) in [6.45, 7) is 4.45. The highest BCUT2D eigenvalue weighted by Gasteiger charge is 2.40. The molecule has 2 aliphatic heterocycles. The Hall–Kier alpha value is -3.33. The van der Waals surface area contributed by atoms with Gasteiger partial charge in [-0.15, -0.1) is 0 Å². The molecule has 32 heavy (non-hydrogen) atoms. The van der Waals surface area contributed by atoms with Gasteiger partial charge in [0, 0.05) is 37.6 Å². The Bertz CT molecular complexity index is 1130. The molecule has 0 N–H and O–H groups in total. The highest BCUT2D eigenvalue weighted by Crippen LogP contribution is 2.44. The van der Waals surface area contributed by atoms with Crippen molar-refractivity contribution in [3.8, 4) is 23.0 Å². The molecule has 0 aromatic carbocycles. The van der Waals surface area contributed by atoms with Crippen LogP contribution in [0.1, 0.15) is 19.3 Å². The Labute approximate surface area is 186 Å². The lowest BCUT2D eigenvalue weighted by molar-refractivity contribution is -0.121. The lowest BCUT2D eigenvalue weighted by atomic mass is 9.78. The molecule has 2 aliphatic rings. The van der Waals surface area contributed by atoms with Crippen LogP contribution in [0, 0.1) is 5.41 Å². The van der Waals surface area contributed by atoms with Gasteiger partial charge in [0.25, 0.3) is 12.4 Å². The first-order valence-electron chi connectivity index (χ1n) is 10.8. The molecule has 9 nitrogen and oxygen atoms in total. The lowest BCUT2D eigenvalue weighted by Crippen LogP contribution is -2.41. The van der Waals surface area contributed by atoms with Crippen LogP contribution in [0.3, 0.4) is 0 Å². The Kier molecular flexibility index (Phi) is 5.34. The molecule has 0 bridgehead atoms. The largest absolute Gasteiger partial charge is 0.491 e. The number of carbonyl (C=O) groups excluding carboxylic acids is 1. The van der Waals surface area contributed by atoms with Crippen LogP contribution in [0.2, 0.25) is 0 Å². The van der Waals surface area contributed by atoms with Crippen molar-refractivity contribution in [2.75, 3.05) is 45.2 Å². The Morgan fingerprint density at radius 2 is 1.84 bits per heavy atom. The first-order valence-corrected chi connectivity index (χ1v) is 10.8. The summed E-state index contributed by atoms with van der Waals surface area (Å²) in [6, 6.07) is 3.78. The molecule has 2 saturated heterocycles. The maximum absolute atomic E-state index is 11.0. The second-order valence-corrected chi connectivity index (χ2v) is 8.65. The minimum Gasteiger partial charge on any atom is -0.491 e. The predicted octanol–water partition coefficient (Wildman–Crippen LogP) is 2.55. The van der Waals surface area contributed by atoms with E-state index in [4.69, 9.17) is 19.4 Å². The van der Waals surface area contributed by atoms with Crippen molar-refractivity contribution in [1.29, 1.82) is 0 Å². The second-order valence-electron chi connectivity index (χ2n) is 8.65. The Morgan fingerprint density at radius 3 is 2.50 bits per heavy atom. The van der Waals surface area contributed by atoms with Crippen molar-refractivity contribution in [3.63, 3.8) is 0 Å². The molecule has 0 atom stereocenters. The van der Waals surface area contributed by atoms with Crippen molar-refractivity contribution in [1.82, 2.24) is 24.8 Å². The SMILES string of the molecule is COc1c(OC=O)ncc2nc(-c3ccncc3)nc(N3CCC4(CCN(C)C4)CC3)c12. The minimum atomic E-state index is 0.113. The van der Waals surface area contributed by atoms with Gasteiger partial charge in [0.1, 0.15) is 5.82 Å². The quantitative estimate of drug-likeness (QED) is 0.562. The van der Waals surface area contributed by atoms with Crippen molar-refractivity contribution in [2.45, 2.75) is 19.3 Å². The summed E-state index contributed by atoms with van der Waals surface area (Å²) in [6.07, 6.45) is 8.52. The van der Waals surface area contributed by atoms with Crippen LogP contribution in [0.25, 0.3) is 22.3 Å². The first kappa shape index (κ1) is 20.6. The third-order valence-corrected chi connectivity index (χ3v) is 6.70. The zero-order valence-corrected chi connectivity index (χ0v) is 18.3. The molecule has 2 fully saturated rings. The van der Waals surface area contributed by atoms with E-state index in [-0.39, 0.29) is 5.88 Å². The molecule has 3 aromatic heterocycles. The first-order chi connectivity index (χ1) is 15.6. The Balaban J connectivity index is 1.61. The normalized spacial score (nSPS) is 18.2. The van der Waals surface area contributed by atoms with E-state index in [1.165, 1.54) is 13.5 Å². The summed E-state index contributed by atoms with van der Waals surface area (Å²) in [7, 11) is 3.74. The molecule has 0 radical (unpaired) electrons. The van der Waals surface area contributed by atoms with Gasteiger partial charge in [0.2, 0.25) is 0 Å². The van der Waals surface area contributed by atoms with Gasteiger partial charge >= 0.3 is 0 Å². The number of anilines is 1. The monoisotopic (exact) mass is 434 g/mol. The van der Waals surface area contributed by atoms with Crippen molar-refractivity contribution in [3.05, 3.63) is 30.7 Å². The van der Waals surface area contributed by atoms with E-state index in [1.807, 2.05) is 12.1 Å². The molecular formula is C23H26N6O3. The third kappa shape index (κ3) is 3.62. The van der Waals surface area contributed by atoms with Gasteiger partial charge in [0.15, 0.2) is 11.6 Å². The number of aromatic nitrogens is 4. The molecule has 5 heterocycles. The zero-order chi connectivity index (χ0) is 22.1. The standard InChI is InChI=1S/C23H26N6O3/c1-28-10-5-23(14-28)6-11-29(12-7-23)21-18-17(13-25-22(32-15-30)19(18)31-2)26-20(27-21)16-3-8-24-9-4-16/h3-4,8-9,13,15H,5-7,10-12,14H2,1-2H3. The van der Waals surface area contributed by atoms with Crippen LogP contribution < -0.4 is 14.4 Å². The molecular weight excluding hydrogens is 408 g/mol. The van der Waals surface area contributed by atoms with Crippen molar-refractivity contribution < 1.29 is 14.3 Å². The van der Waals surface area contributed by atoms with E-state index in [0.29, 0.717) is 34.4 Å². The molecule has 5 rings (SSSR count). The van der Waals surface area contributed by atoms with Gasteiger partial charge in [0.05, 0.1) is 24.2 Å². The van der Waals surface area contributed by atoms with Gasteiger partial charge in [-0.3, -0.25) is 9.78 Å².